The van der Waals surface area contributed by atoms with Crippen LogP contribution in [-0.4, -0.2) is 40.1 Å². The molecule has 7 heteroatoms. The lowest BCUT2D eigenvalue weighted by molar-refractivity contribution is 0.174. The van der Waals surface area contributed by atoms with Crippen molar-refractivity contribution in [1.29, 1.82) is 0 Å². The zero-order valence-electron chi connectivity index (χ0n) is 16.6. The van der Waals surface area contributed by atoms with E-state index in [2.05, 4.69) is 21.7 Å². The summed E-state index contributed by atoms with van der Waals surface area (Å²) in [6.07, 6.45) is 0.855. The molecule has 2 aromatic rings. The monoisotopic (exact) mass is 385 g/mol. The molecule has 0 fully saturated rings. The van der Waals surface area contributed by atoms with Gasteiger partial charge < -0.3 is 29.6 Å². The first kappa shape index (κ1) is 19.7. The summed E-state index contributed by atoms with van der Waals surface area (Å²) in [5.74, 6) is 3.84. The highest BCUT2D eigenvalue weighted by Gasteiger charge is 2.13. The Morgan fingerprint density at radius 2 is 1.86 bits per heavy atom. The molecular formula is C21H27N3O4. The Labute approximate surface area is 165 Å². The summed E-state index contributed by atoms with van der Waals surface area (Å²) in [4.78, 5) is 4.28. The summed E-state index contributed by atoms with van der Waals surface area (Å²) in [6, 6.07) is 11.9. The summed E-state index contributed by atoms with van der Waals surface area (Å²) < 4.78 is 21.7. The van der Waals surface area contributed by atoms with Crippen molar-refractivity contribution in [3.05, 3.63) is 47.5 Å². The number of hydrogen-bond donors (Lipinski definition) is 2. The van der Waals surface area contributed by atoms with Crippen molar-refractivity contribution < 1.29 is 18.9 Å². The fourth-order valence-electron chi connectivity index (χ4n) is 2.92. The predicted molar refractivity (Wildman–Crippen MR) is 109 cm³/mol. The molecular weight excluding hydrogens is 358 g/mol. The summed E-state index contributed by atoms with van der Waals surface area (Å²) in [6.45, 7) is 4.24. The molecule has 2 aromatic carbocycles. The largest absolute Gasteiger partial charge is 0.493 e. The summed E-state index contributed by atoms with van der Waals surface area (Å²) >= 11 is 0. The van der Waals surface area contributed by atoms with Gasteiger partial charge in [0.1, 0.15) is 0 Å². The van der Waals surface area contributed by atoms with E-state index in [9.17, 15) is 0 Å². The van der Waals surface area contributed by atoms with Gasteiger partial charge in [-0.2, -0.15) is 0 Å². The molecule has 0 bridgehead atoms. The van der Waals surface area contributed by atoms with Gasteiger partial charge in [0.05, 0.1) is 13.7 Å². The molecule has 2 N–H and O–H groups in total. The Bertz CT molecular complexity index is 823. The van der Waals surface area contributed by atoms with E-state index in [1.807, 2.05) is 37.3 Å². The second-order valence-electron chi connectivity index (χ2n) is 6.21. The molecule has 0 spiro atoms. The lowest BCUT2D eigenvalue weighted by atomic mass is 10.1. The van der Waals surface area contributed by atoms with Gasteiger partial charge in [-0.25, -0.2) is 0 Å². The van der Waals surface area contributed by atoms with Crippen molar-refractivity contribution in [3.8, 4) is 23.0 Å². The highest BCUT2D eigenvalue weighted by Crippen LogP contribution is 2.32. The molecule has 0 aliphatic carbocycles. The number of methoxy groups -OCH3 is 1. The van der Waals surface area contributed by atoms with Crippen LogP contribution in [0.25, 0.3) is 0 Å². The van der Waals surface area contributed by atoms with Crippen LogP contribution in [-0.2, 0) is 13.0 Å². The molecule has 0 radical (unpaired) electrons. The smallest absolute Gasteiger partial charge is 0.231 e. The van der Waals surface area contributed by atoms with Crippen molar-refractivity contribution in [3.63, 3.8) is 0 Å². The number of hydrogen-bond acceptors (Lipinski definition) is 5. The minimum absolute atomic E-state index is 0.296. The van der Waals surface area contributed by atoms with Gasteiger partial charge in [-0.15, -0.1) is 0 Å². The number of rotatable bonds is 8. The van der Waals surface area contributed by atoms with Crippen molar-refractivity contribution in [2.24, 2.45) is 4.99 Å². The van der Waals surface area contributed by atoms with E-state index < -0.39 is 0 Å². The van der Waals surface area contributed by atoms with Gasteiger partial charge in [0, 0.05) is 20.1 Å². The Balaban J connectivity index is 1.48. The molecule has 1 aliphatic heterocycles. The third kappa shape index (κ3) is 5.00. The standard InChI is InChI=1S/C21H27N3O4/c1-4-26-17-8-6-16(12-19(17)25-3)13-24-21(22-2)23-10-9-15-5-7-18-20(11-15)28-14-27-18/h5-8,11-12H,4,9-10,13-14H2,1-3H3,(H2,22,23,24). The van der Waals surface area contributed by atoms with Crippen LogP contribution in [0.3, 0.4) is 0 Å². The molecule has 0 saturated heterocycles. The van der Waals surface area contributed by atoms with E-state index in [1.54, 1.807) is 14.2 Å². The van der Waals surface area contributed by atoms with Crippen molar-refractivity contribution in [2.45, 2.75) is 19.9 Å². The molecule has 7 nitrogen and oxygen atoms in total. The van der Waals surface area contributed by atoms with Crippen LogP contribution in [0, 0.1) is 0 Å². The number of ether oxygens (including phenoxy) is 4. The van der Waals surface area contributed by atoms with Gasteiger partial charge in [0.15, 0.2) is 29.0 Å². The van der Waals surface area contributed by atoms with Crippen molar-refractivity contribution in [2.75, 3.05) is 34.1 Å². The summed E-state index contributed by atoms with van der Waals surface area (Å²) in [7, 11) is 3.40. The minimum atomic E-state index is 0.296. The van der Waals surface area contributed by atoms with Crippen LogP contribution in [0.1, 0.15) is 18.1 Å². The van der Waals surface area contributed by atoms with Gasteiger partial charge in [-0.05, 0) is 48.7 Å². The first-order chi connectivity index (χ1) is 13.7. The normalized spacial score (nSPS) is 12.6. The topological polar surface area (TPSA) is 73.3 Å². The molecule has 28 heavy (non-hydrogen) atoms. The van der Waals surface area contributed by atoms with Crippen LogP contribution in [0.15, 0.2) is 41.4 Å². The van der Waals surface area contributed by atoms with Gasteiger partial charge in [0.2, 0.25) is 6.79 Å². The maximum Gasteiger partial charge on any atom is 0.231 e. The number of nitrogens with zero attached hydrogens (tertiary/aromatic N) is 1. The first-order valence-corrected chi connectivity index (χ1v) is 9.36. The van der Waals surface area contributed by atoms with Gasteiger partial charge in [0.25, 0.3) is 0 Å². The van der Waals surface area contributed by atoms with Gasteiger partial charge in [-0.1, -0.05) is 12.1 Å². The van der Waals surface area contributed by atoms with Crippen LogP contribution >= 0.6 is 0 Å². The second-order valence-corrected chi connectivity index (χ2v) is 6.21. The van der Waals surface area contributed by atoms with Crippen molar-refractivity contribution in [1.82, 2.24) is 10.6 Å². The molecule has 0 amide bonds. The Hall–Kier alpha value is -3.09. The van der Waals surface area contributed by atoms with E-state index in [0.29, 0.717) is 19.9 Å². The van der Waals surface area contributed by atoms with Gasteiger partial charge in [-0.3, -0.25) is 4.99 Å². The van der Waals surface area contributed by atoms with Crippen LogP contribution < -0.4 is 29.6 Å². The molecule has 0 saturated carbocycles. The zero-order valence-corrected chi connectivity index (χ0v) is 16.6. The Morgan fingerprint density at radius 1 is 1.04 bits per heavy atom. The zero-order chi connectivity index (χ0) is 19.8. The Morgan fingerprint density at radius 3 is 2.64 bits per heavy atom. The van der Waals surface area contributed by atoms with Crippen LogP contribution in [0.4, 0.5) is 0 Å². The highest BCUT2D eigenvalue weighted by atomic mass is 16.7. The van der Waals surface area contributed by atoms with E-state index in [-0.39, 0.29) is 0 Å². The SMILES string of the molecule is CCOc1ccc(CNC(=NC)NCCc2ccc3c(c2)OCO3)cc1OC. The maximum atomic E-state index is 5.55. The lowest BCUT2D eigenvalue weighted by Gasteiger charge is -2.14. The molecule has 150 valence electrons. The van der Waals surface area contributed by atoms with Crippen LogP contribution in [0.2, 0.25) is 0 Å². The second kappa shape index (κ2) is 9.73. The summed E-state index contributed by atoms with van der Waals surface area (Å²) in [5.41, 5.74) is 2.27. The number of guanidine groups is 1. The fraction of sp³-hybridized carbons (Fsp3) is 0.381. The third-order valence-corrected chi connectivity index (χ3v) is 4.35. The quantitative estimate of drug-likeness (QED) is 0.538. The lowest BCUT2D eigenvalue weighted by Crippen LogP contribution is -2.37. The minimum Gasteiger partial charge on any atom is -0.493 e. The van der Waals surface area contributed by atoms with Crippen LogP contribution in [0.5, 0.6) is 23.0 Å². The number of nitrogens with one attached hydrogen (secondary N) is 2. The average Bonchev–Trinajstić information content (AvgIpc) is 3.19. The van der Waals surface area contributed by atoms with Gasteiger partial charge >= 0.3 is 0 Å². The first-order valence-electron chi connectivity index (χ1n) is 9.36. The molecule has 0 atom stereocenters. The average molecular weight is 385 g/mol. The summed E-state index contributed by atoms with van der Waals surface area (Å²) in [5, 5.41) is 6.64. The van der Waals surface area contributed by atoms with E-state index in [0.717, 1.165) is 47.5 Å². The number of benzene rings is 2. The number of fused-ring (bicyclic) bond motifs is 1. The Kier molecular flexibility index (Phi) is 6.84. The molecule has 3 rings (SSSR count). The van der Waals surface area contributed by atoms with Crippen molar-refractivity contribution >= 4 is 5.96 Å². The fourth-order valence-corrected chi connectivity index (χ4v) is 2.92. The third-order valence-electron chi connectivity index (χ3n) is 4.35. The molecule has 1 heterocycles. The van der Waals surface area contributed by atoms with E-state index >= 15 is 0 Å². The van der Waals surface area contributed by atoms with E-state index in [4.69, 9.17) is 18.9 Å². The maximum absolute atomic E-state index is 5.55. The highest BCUT2D eigenvalue weighted by molar-refractivity contribution is 5.79. The van der Waals surface area contributed by atoms with E-state index in [1.165, 1.54) is 5.56 Å². The molecule has 1 aliphatic rings. The molecule has 0 aromatic heterocycles. The predicted octanol–water partition coefficient (Wildman–Crippen LogP) is 2.73. The molecule has 0 unspecified atom stereocenters. The number of aliphatic imine (C=N–C) groups is 1.